The van der Waals surface area contributed by atoms with E-state index >= 15 is 0 Å². The average molecular weight is 403 g/mol. The Morgan fingerprint density at radius 1 is 0.964 bits per heavy atom. The number of hydrogen-bond donors (Lipinski definition) is 1. The van der Waals surface area contributed by atoms with Crippen molar-refractivity contribution in [3.8, 4) is 5.75 Å². The third-order valence-corrected chi connectivity index (χ3v) is 4.87. The van der Waals surface area contributed by atoms with Gasteiger partial charge in [-0.25, -0.2) is 0 Å². The molecule has 1 aromatic heterocycles. The van der Waals surface area contributed by atoms with Gasteiger partial charge >= 0.3 is 6.61 Å². The lowest BCUT2D eigenvalue weighted by molar-refractivity contribution is -0.0498. The van der Waals surface area contributed by atoms with Crippen molar-refractivity contribution >= 4 is 17.2 Å². The van der Waals surface area contributed by atoms with E-state index in [0.29, 0.717) is 13.2 Å². The smallest absolute Gasteiger partial charge is 0.387 e. The van der Waals surface area contributed by atoms with E-state index in [9.17, 15) is 13.6 Å². The first-order valence-corrected chi connectivity index (χ1v) is 9.50. The standard InChI is InChI=1S/C21H19F2NO3S/c22-21(23)27-18-10-11-28-19(18)20(25)24-12-16-8-4-5-9-17(16)14-26-13-15-6-2-1-3-7-15/h1-11,21H,12-14H2,(H,24,25). The van der Waals surface area contributed by atoms with E-state index in [1.54, 1.807) is 0 Å². The summed E-state index contributed by atoms with van der Waals surface area (Å²) in [4.78, 5) is 12.5. The van der Waals surface area contributed by atoms with Gasteiger partial charge in [0.05, 0.1) is 13.2 Å². The molecule has 0 aliphatic rings. The molecule has 3 aromatic rings. The Kier molecular flexibility index (Phi) is 7.11. The molecule has 0 fully saturated rings. The van der Waals surface area contributed by atoms with E-state index in [4.69, 9.17) is 4.74 Å². The maximum absolute atomic E-state index is 12.4. The SMILES string of the molecule is O=C(NCc1ccccc1COCc1ccccc1)c1sccc1OC(F)F. The van der Waals surface area contributed by atoms with Crippen LogP contribution in [0.3, 0.4) is 0 Å². The highest BCUT2D eigenvalue weighted by Gasteiger charge is 2.17. The summed E-state index contributed by atoms with van der Waals surface area (Å²) in [6.45, 7) is -1.82. The average Bonchev–Trinajstić information content (AvgIpc) is 3.15. The van der Waals surface area contributed by atoms with Crippen molar-refractivity contribution in [2.45, 2.75) is 26.4 Å². The fourth-order valence-electron chi connectivity index (χ4n) is 2.63. The molecule has 0 radical (unpaired) electrons. The number of carbonyl (C=O) groups is 1. The molecule has 146 valence electrons. The largest absolute Gasteiger partial charge is 0.433 e. The van der Waals surface area contributed by atoms with Gasteiger partial charge < -0.3 is 14.8 Å². The normalized spacial score (nSPS) is 10.8. The second-order valence-corrected chi connectivity index (χ2v) is 6.84. The fraction of sp³-hybridized carbons (Fsp3) is 0.190. The molecule has 2 aromatic carbocycles. The van der Waals surface area contributed by atoms with Crippen molar-refractivity contribution < 1.29 is 23.0 Å². The van der Waals surface area contributed by atoms with Crippen molar-refractivity contribution in [1.29, 1.82) is 0 Å². The van der Waals surface area contributed by atoms with Gasteiger partial charge in [0, 0.05) is 6.54 Å². The Bertz CT molecular complexity index is 899. The molecule has 0 bridgehead atoms. The maximum Gasteiger partial charge on any atom is 0.387 e. The predicted octanol–water partition coefficient (Wildman–Crippen LogP) is 5.00. The number of carbonyl (C=O) groups excluding carboxylic acids is 1. The van der Waals surface area contributed by atoms with Gasteiger partial charge in [-0.2, -0.15) is 8.78 Å². The molecule has 1 N–H and O–H groups in total. The van der Waals surface area contributed by atoms with Crippen molar-refractivity contribution in [2.75, 3.05) is 0 Å². The highest BCUT2D eigenvalue weighted by molar-refractivity contribution is 7.12. The summed E-state index contributed by atoms with van der Waals surface area (Å²) >= 11 is 1.06. The number of amides is 1. The predicted molar refractivity (Wildman–Crippen MR) is 103 cm³/mol. The Morgan fingerprint density at radius 3 is 2.43 bits per heavy atom. The molecule has 0 atom stereocenters. The summed E-state index contributed by atoms with van der Waals surface area (Å²) < 4.78 is 35.0. The lowest BCUT2D eigenvalue weighted by atomic mass is 10.1. The number of ether oxygens (including phenoxy) is 2. The Labute approximate surface area is 165 Å². The van der Waals surface area contributed by atoms with E-state index in [1.165, 1.54) is 11.4 Å². The zero-order valence-corrected chi connectivity index (χ0v) is 15.8. The van der Waals surface area contributed by atoms with E-state index in [-0.39, 0.29) is 17.2 Å². The summed E-state index contributed by atoms with van der Waals surface area (Å²) in [6.07, 6.45) is 0. The second-order valence-electron chi connectivity index (χ2n) is 5.92. The van der Waals surface area contributed by atoms with Gasteiger partial charge in [-0.05, 0) is 28.1 Å². The molecule has 0 saturated heterocycles. The van der Waals surface area contributed by atoms with Gasteiger partial charge in [0.25, 0.3) is 5.91 Å². The van der Waals surface area contributed by atoms with E-state index in [2.05, 4.69) is 10.1 Å². The monoisotopic (exact) mass is 403 g/mol. The van der Waals surface area contributed by atoms with Crippen LogP contribution in [0.2, 0.25) is 0 Å². The third-order valence-electron chi connectivity index (χ3n) is 3.98. The molecule has 0 unspecified atom stereocenters. The molecular weight excluding hydrogens is 384 g/mol. The number of hydrogen-bond acceptors (Lipinski definition) is 4. The molecule has 0 aliphatic heterocycles. The summed E-state index contributed by atoms with van der Waals surface area (Å²) in [5.74, 6) is -0.567. The van der Waals surface area contributed by atoms with Crippen LogP contribution in [0.25, 0.3) is 0 Å². The fourth-order valence-corrected chi connectivity index (χ4v) is 3.37. The number of benzene rings is 2. The van der Waals surface area contributed by atoms with E-state index in [1.807, 2.05) is 54.6 Å². The number of nitrogens with one attached hydrogen (secondary N) is 1. The Morgan fingerprint density at radius 2 is 1.68 bits per heavy atom. The first-order valence-electron chi connectivity index (χ1n) is 8.62. The highest BCUT2D eigenvalue weighted by atomic mass is 32.1. The molecule has 0 saturated carbocycles. The van der Waals surface area contributed by atoms with Gasteiger partial charge in [-0.3, -0.25) is 4.79 Å². The lowest BCUT2D eigenvalue weighted by Gasteiger charge is -2.12. The Balaban J connectivity index is 1.57. The first-order chi connectivity index (χ1) is 13.6. The van der Waals surface area contributed by atoms with Crippen molar-refractivity contribution in [3.63, 3.8) is 0 Å². The van der Waals surface area contributed by atoms with E-state index in [0.717, 1.165) is 28.0 Å². The molecule has 7 heteroatoms. The van der Waals surface area contributed by atoms with Crippen molar-refractivity contribution in [3.05, 3.63) is 87.6 Å². The summed E-state index contributed by atoms with van der Waals surface area (Å²) in [7, 11) is 0. The van der Waals surface area contributed by atoms with Gasteiger partial charge in [0.15, 0.2) is 0 Å². The van der Waals surface area contributed by atoms with Crippen LogP contribution in [0.1, 0.15) is 26.4 Å². The molecule has 0 aliphatic carbocycles. The number of halogens is 2. The number of thiophene rings is 1. The van der Waals surface area contributed by atoms with E-state index < -0.39 is 12.5 Å². The van der Waals surface area contributed by atoms with Crippen LogP contribution in [-0.4, -0.2) is 12.5 Å². The van der Waals surface area contributed by atoms with Crippen LogP contribution in [0.4, 0.5) is 8.78 Å². The second kappa shape index (κ2) is 9.96. The number of rotatable bonds is 9. The van der Waals surface area contributed by atoms with Crippen LogP contribution >= 0.6 is 11.3 Å². The zero-order chi connectivity index (χ0) is 19.8. The molecule has 3 rings (SSSR count). The quantitative estimate of drug-likeness (QED) is 0.547. The summed E-state index contributed by atoms with van der Waals surface area (Å²) in [5.41, 5.74) is 2.93. The molecule has 1 heterocycles. The van der Waals surface area contributed by atoms with Gasteiger partial charge in [0.2, 0.25) is 0 Å². The van der Waals surface area contributed by atoms with Gasteiger partial charge in [0.1, 0.15) is 10.6 Å². The molecule has 4 nitrogen and oxygen atoms in total. The summed E-state index contributed by atoms with van der Waals surface area (Å²) in [6, 6.07) is 18.8. The van der Waals surface area contributed by atoms with Crippen LogP contribution in [0, 0.1) is 0 Å². The van der Waals surface area contributed by atoms with Crippen LogP contribution in [0.15, 0.2) is 66.0 Å². The minimum atomic E-state index is -2.97. The highest BCUT2D eigenvalue weighted by Crippen LogP contribution is 2.26. The van der Waals surface area contributed by atoms with Crippen LogP contribution in [0.5, 0.6) is 5.75 Å². The summed E-state index contributed by atoms with van der Waals surface area (Å²) in [5, 5.41) is 4.29. The zero-order valence-electron chi connectivity index (χ0n) is 14.9. The minimum Gasteiger partial charge on any atom is -0.433 e. The van der Waals surface area contributed by atoms with Gasteiger partial charge in [-0.15, -0.1) is 11.3 Å². The molecular formula is C21H19F2NO3S. The topological polar surface area (TPSA) is 47.6 Å². The third kappa shape index (κ3) is 5.61. The van der Waals surface area contributed by atoms with Crippen molar-refractivity contribution in [1.82, 2.24) is 5.32 Å². The first kappa shape index (κ1) is 20.0. The van der Waals surface area contributed by atoms with Gasteiger partial charge in [-0.1, -0.05) is 54.6 Å². The number of alkyl halides is 2. The molecule has 28 heavy (non-hydrogen) atoms. The molecule has 0 spiro atoms. The van der Waals surface area contributed by atoms with Crippen molar-refractivity contribution in [2.24, 2.45) is 0 Å². The minimum absolute atomic E-state index is 0.114. The van der Waals surface area contributed by atoms with Crippen LogP contribution in [-0.2, 0) is 24.5 Å². The van der Waals surface area contributed by atoms with Crippen LogP contribution < -0.4 is 10.1 Å². The Hall–Kier alpha value is -2.77. The lowest BCUT2D eigenvalue weighted by Crippen LogP contribution is -2.23. The maximum atomic E-state index is 12.4. The molecule has 1 amide bonds.